The third-order valence-electron chi connectivity index (χ3n) is 3.22. The van der Waals surface area contributed by atoms with Crippen molar-refractivity contribution >= 4 is 7.60 Å². The molecule has 0 aromatic carbocycles. The largest absolute Gasteiger partial charge is 0.349 e. The van der Waals surface area contributed by atoms with Crippen LogP contribution in [0, 0.1) is 0 Å². The number of hydrogen-bond donors (Lipinski definition) is 1. The molecule has 0 spiro atoms. The third-order valence-corrected chi connectivity index (χ3v) is 5.46. The SMILES string of the molecule is CC(C)OP(=O)(C[C@@H]1OC[C@@H](Cn2ccc(=O)[nH]c2=O)O1)OC(C)C. The van der Waals surface area contributed by atoms with Crippen LogP contribution in [0.1, 0.15) is 27.7 Å². The standard InChI is InChI=1S/C15H25N2O7P/c1-10(2)23-25(20,24-11(3)4)9-14-21-8-12(22-14)7-17-6-5-13(18)16-15(17)19/h5-6,10-12,14H,7-9H2,1-4H3,(H,16,18,19)/t12-,14-/m1/s1. The van der Waals surface area contributed by atoms with Gasteiger partial charge >= 0.3 is 13.3 Å². The second-order valence-corrected chi connectivity index (χ2v) is 8.39. The maximum atomic E-state index is 12.8. The Kier molecular flexibility index (Phi) is 6.76. The summed E-state index contributed by atoms with van der Waals surface area (Å²) in [6, 6.07) is 1.26. The second-order valence-electron chi connectivity index (χ2n) is 6.39. The molecule has 1 fully saturated rings. The van der Waals surface area contributed by atoms with E-state index in [2.05, 4.69) is 4.98 Å². The van der Waals surface area contributed by atoms with Crippen molar-refractivity contribution in [1.29, 1.82) is 0 Å². The van der Waals surface area contributed by atoms with E-state index in [0.29, 0.717) is 0 Å². The highest BCUT2D eigenvalue weighted by atomic mass is 31.2. The summed E-state index contributed by atoms with van der Waals surface area (Å²) in [6.45, 7) is 7.55. The van der Waals surface area contributed by atoms with Crippen molar-refractivity contribution in [3.8, 4) is 0 Å². The number of aromatic amines is 1. The van der Waals surface area contributed by atoms with Crippen LogP contribution in [0.4, 0.5) is 0 Å². The summed E-state index contributed by atoms with van der Waals surface area (Å²) in [7, 11) is -3.37. The summed E-state index contributed by atoms with van der Waals surface area (Å²) in [5, 5.41) is 0. The Morgan fingerprint density at radius 1 is 1.28 bits per heavy atom. The molecule has 1 saturated heterocycles. The lowest BCUT2D eigenvalue weighted by molar-refractivity contribution is -0.0469. The quantitative estimate of drug-likeness (QED) is 0.682. The topological polar surface area (TPSA) is 109 Å². The van der Waals surface area contributed by atoms with Gasteiger partial charge in [-0.25, -0.2) is 4.79 Å². The first-order valence-corrected chi connectivity index (χ1v) is 9.92. The molecule has 25 heavy (non-hydrogen) atoms. The lowest BCUT2D eigenvalue weighted by atomic mass is 10.4. The summed E-state index contributed by atoms with van der Waals surface area (Å²) >= 11 is 0. The van der Waals surface area contributed by atoms with E-state index in [4.69, 9.17) is 18.5 Å². The third kappa shape index (κ3) is 6.20. The Bertz CT molecular complexity index is 713. The van der Waals surface area contributed by atoms with Gasteiger partial charge in [0.2, 0.25) is 0 Å². The Morgan fingerprint density at radius 2 is 1.92 bits per heavy atom. The fraction of sp³-hybridized carbons (Fsp3) is 0.733. The molecule has 0 unspecified atom stereocenters. The molecule has 10 heteroatoms. The fourth-order valence-corrected chi connectivity index (χ4v) is 4.51. The van der Waals surface area contributed by atoms with E-state index in [1.165, 1.54) is 16.8 Å². The molecular weight excluding hydrogens is 351 g/mol. The van der Waals surface area contributed by atoms with Crippen molar-refractivity contribution in [2.24, 2.45) is 0 Å². The molecule has 9 nitrogen and oxygen atoms in total. The predicted molar refractivity (Wildman–Crippen MR) is 90.9 cm³/mol. The number of hydrogen-bond acceptors (Lipinski definition) is 7. The van der Waals surface area contributed by atoms with Gasteiger partial charge in [-0.15, -0.1) is 0 Å². The lowest BCUT2D eigenvalue weighted by Gasteiger charge is -2.24. The van der Waals surface area contributed by atoms with Crippen LogP contribution in [0.3, 0.4) is 0 Å². The van der Waals surface area contributed by atoms with Crippen LogP contribution in [-0.4, -0.2) is 46.9 Å². The summed E-state index contributed by atoms with van der Waals surface area (Å²) in [6.07, 6.45) is -0.303. The predicted octanol–water partition coefficient (Wildman–Crippen LogP) is 1.32. The Labute approximate surface area is 145 Å². The number of ether oxygens (including phenoxy) is 2. The van der Waals surface area contributed by atoms with Crippen LogP contribution in [0.2, 0.25) is 0 Å². The molecule has 0 amide bonds. The number of rotatable bonds is 8. The van der Waals surface area contributed by atoms with Gasteiger partial charge < -0.3 is 18.5 Å². The molecule has 0 bridgehead atoms. The molecule has 2 rings (SSSR count). The molecular formula is C15H25N2O7P. The number of nitrogens with zero attached hydrogens (tertiary/aromatic N) is 1. The first-order valence-electron chi connectivity index (χ1n) is 8.19. The van der Waals surface area contributed by atoms with Gasteiger partial charge in [-0.1, -0.05) is 0 Å². The van der Waals surface area contributed by atoms with Gasteiger partial charge in [0.15, 0.2) is 6.29 Å². The van der Waals surface area contributed by atoms with Gasteiger partial charge in [0.05, 0.1) is 25.4 Å². The van der Waals surface area contributed by atoms with Gasteiger partial charge in [0, 0.05) is 12.3 Å². The van der Waals surface area contributed by atoms with E-state index in [0.717, 1.165) is 0 Å². The molecule has 1 aliphatic rings. The van der Waals surface area contributed by atoms with Crippen molar-refractivity contribution in [2.75, 3.05) is 12.8 Å². The fourth-order valence-electron chi connectivity index (χ4n) is 2.44. The number of aromatic nitrogens is 2. The van der Waals surface area contributed by atoms with Crippen LogP contribution in [0.15, 0.2) is 21.9 Å². The monoisotopic (exact) mass is 376 g/mol. The molecule has 2 atom stereocenters. The zero-order valence-corrected chi connectivity index (χ0v) is 15.7. The summed E-state index contributed by atoms with van der Waals surface area (Å²) in [5.74, 6) is 0. The number of nitrogens with one attached hydrogen (secondary N) is 1. The molecule has 2 heterocycles. The van der Waals surface area contributed by atoms with Crippen LogP contribution in [-0.2, 0) is 29.6 Å². The Balaban J connectivity index is 1.97. The van der Waals surface area contributed by atoms with E-state index in [1.807, 2.05) is 0 Å². The van der Waals surface area contributed by atoms with Crippen molar-refractivity contribution in [3.63, 3.8) is 0 Å². The minimum absolute atomic E-state index is 0.0274. The highest BCUT2D eigenvalue weighted by Gasteiger charge is 2.37. The highest BCUT2D eigenvalue weighted by Crippen LogP contribution is 2.51. The zero-order valence-electron chi connectivity index (χ0n) is 14.8. The molecule has 1 aromatic rings. The Hall–Kier alpha value is -1.25. The molecule has 1 aliphatic heterocycles. The van der Waals surface area contributed by atoms with Crippen molar-refractivity contribution in [2.45, 2.75) is 58.8 Å². The molecule has 1 N–H and O–H groups in total. The first-order chi connectivity index (χ1) is 11.7. The average Bonchev–Trinajstić information content (AvgIpc) is 2.86. The molecule has 0 radical (unpaired) electrons. The van der Waals surface area contributed by atoms with Gasteiger partial charge in [0.1, 0.15) is 12.3 Å². The molecule has 0 aliphatic carbocycles. The van der Waals surface area contributed by atoms with E-state index < -0.39 is 31.2 Å². The van der Waals surface area contributed by atoms with Crippen LogP contribution in [0.5, 0.6) is 0 Å². The number of H-pyrrole nitrogens is 1. The van der Waals surface area contributed by atoms with Gasteiger partial charge in [0.25, 0.3) is 5.56 Å². The van der Waals surface area contributed by atoms with E-state index >= 15 is 0 Å². The van der Waals surface area contributed by atoms with Crippen molar-refractivity contribution < 1.29 is 23.1 Å². The van der Waals surface area contributed by atoms with Crippen LogP contribution in [0.25, 0.3) is 0 Å². The maximum absolute atomic E-state index is 12.8. The summed E-state index contributed by atoms with van der Waals surface area (Å²) in [5.41, 5.74) is -0.975. The maximum Gasteiger partial charge on any atom is 0.336 e. The summed E-state index contributed by atoms with van der Waals surface area (Å²) < 4.78 is 36.3. The van der Waals surface area contributed by atoms with Gasteiger partial charge in [-0.3, -0.25) is 18.9 Å². The highest BCUT2D eigenvalue weighted by molar-refractivity contribution is 7.53. The Morgan fingerprint density at radius 3 is 2.48 bits per heavy atom. The summed E-state index contributed by atoms with van der Waals surface area (Å²) in [4.78, 5) is 25.0. The minimum atomic E-state index is -3.37. The smallest absolute Gasteiger partial charge is 0.336 e. The molecule has 1 aromatic heterocycles. The van der Waals surface area contributed by atoms with E-state index in [-0.39, 0.29) is 31.5 Å². The molecule has 142 valence electrons. The second kappa shape index (κ2) is 8.42. The van der Waals surface area contributed by atoms with Crippen molar-refractivity contribution in [3.05, 3.63) is 33.1 Å². The normalized spacial score (nSPS) is 21.4. The van der Waals surface area contributed by atoms with E-state index in [1.54, 1.807) is 27.7 Å². The lowest BCUT2D eigenvalue weighted by Crippen LogP contribution is -2.33. The van der Waals surface area contributed by atoms with E-state index in [9.17, 15) is 14.2 Å². The van der Waals surface area contributed by atoms with Gasteiger partial charge in [-0.2, -0.15) is 0 Å². The first kappa shape index (κ1) is 20.1. The van der Waals surface area contributed by atoms with Crippen LogP contribution >= 0.6 is 7.60 Å². The molecule has 0 saturated carbocycles. The van der Waals surface area contributed by atoms with Crippen molar-refractivity contribution in [1.82, 2.24) is 9.55 Å². The van der Waals surface area contributed by atoms with Crippen LogP contribution < -0.4 is 11.2 Å². The minimum Gasteiger partial charge on any atom is -0.349 e. The average molecular weight is 376 g/mol. The van der Waals surface area contributed by atoms with Gasteiger partial charge in [-0.05, 0) is 27.7 Å². The zero-order chi connectivity index (χ0) is 18.6.